The van der Waals surface area contributed by atoms with Gasteiger partial charge in [-0.2, -0.15) is 0 Å². The van der Waals surface area contributed by atoms with Crippen LogP contribution in [0.25, 0.3) is 0 Å². The third-order valence-corrected chi connectivity index (χ3v) is 4.65. The molecule has 0 spiro atoms. The number of nitrogens with one attached hydrogen (secondary N) is 1. The lowest BCUT2D eigenvalue weighted by molar-refractivity contribution is 0.275. The minimum atomic E-state index is 0.557. The van der Waals surface area contributed by atoms with E-state index in [4.69, 9.17) is 4.98 Å². The smallest absolute Gasteiger partial charge is 0.186 e. The van der Waals surface area contributed by atoms with E-state index >= 15 is 0 Å². The summed E-state index contributed by atoms with van der Waals surface area (Å²) in [6, 6.07) is 0.557. The Labute approximate surface area is 114 Å². The van der Waals surface area contributed by atoms with Crippen LogP contribution < -0.4 is 10.2 Å². The summed E-state index contributed by atoms with van der Waals surface area (Å²) in [6.07, 6.45) is 1.02. The highest BCUT2D eigenvalue weighted by molar-refractivity contribution is 7.15. The molecule has 0 amide bonds. The van der Waals surface area contributed by atoms with E-state index in [1.807, 2.05) is 18.4 Å². The van der Waals surface area contributed by atoms with Crippen LogP contribution in [0.5, 0.6) is 0 Å². The molecule has 1 N–H and O–H groups in total. The Hall–Kier alpha value is -0.650. The van der Waals surface area contributed by atoms with Crippen LogP contribution in [-0.4, -0.2) is 49.7 Å². The zero-order chi connectivity index (χ0) is 13.1. The average Bonchev–Trinajstić information content (AvgIpc) is 2.72. The van der Waals surface area contributed by atoms with Crippen molar-refractivity contribution in [2.45, 2.75) is 32.9 Å². The van der Waals surface area contributed by atoms with E-state index in [9.17, 15) is 0 Å². The predicted octanol–water partition coefficient (Wildman–Crippen LogP) is 1.57. The standard InChI is InChI=1S/C13H24N4S/c1-5-11-12(8-14-3)18-13(15-11)17-7-6-16(4)9-10(17)2/h10,14H,5-9H2,1-4H3. The lowest BCUT2D eigenvalue weighted by atomic mass is 10.2. The first-order valence-electron chi connectivity index (χ1n) is 6.74. The van der Waals surface area contributed by atoms with E-state index < -0.39 is 0 Å². The third-order valence-electron chi connectivity index (χ3n) is 3.52. The molecule has 0 aromatic carbocycles. The summed E-state index contributed by atoms with van der Waals surface area (Å²) in [7, 11) is 4.19. The topological polar surface area (TPSA) is 31.4 Å². The molecule has 0 saturated carbocycles. The first-order valence-corrected chi connectivity index (χ1v) is 7.55. The van der Waals surface area contributed by atoms with E-state index in [0.717, 1.165) is 32.6 Å². The molecule has 18 heavy (non-hydrogen) atoms. The van der Waals surface area contributed by atoms with Gasteiger partial charge in [-0.3, -0.25) is 0 Å². The van der Waals surface area contributed by atoms with Crippen molar-refractivity contribution in [1.29, 1.82) is 0 Å². The molecule has 1 aromatic rings. The van der Waals surface area contributed by atoms with Crippen LogP contribution in [-0.2, 0) is 13.0 Å². The lowest BCUT2D eigenvalue weighted by Crippen LogP contribution is -2.50. The van der Waals surface area contributed by atoms with Crippen LogP contribution >= 0.6 is 11.3 Å². The van der Waals surface area contributed by atoms with Crippen LogP contribution in [0, 0.1) is 0 Å². The number of hydrogen-bond acceptors (Lipinski definition) is 5. The number of aromatic nitrogens is 1. The molecule has 1 atom stereocenters. The molecule has 0 bridgehead atoms. The normalized spacial score (nSPS) is 21.6. The fourth-order valence-electron chi connectivity index (χ4n) is 2.49. The molecule has 2 heterocycles. The van der Waals surface area contributed by atoms with Crippen molar-refractivity contribution in [3.05, 3.63) is 10.6 Å². The molecular weight excluding hydrogens is 244 g/mol. The van der Waals surface area contributed by atoms with Crippen LogP contribution in [0.3, 0.4) is 0 Å². The Morgan fingerprint density at radius 3 is 2.83 bits per heavy atom. The zero-order valence-electron chi connectivity index (χ0n) is 11.9. The Bertz CT molecular complexity index is 390. The van der Waals surface area contributed by atoms with Crippen LogP contribution in [0.1, 0.15) is 24.4 Å². The van der Waals surface area contributed by atoms with Gasteiger partial charge in [0.1, 0.15) is 0 Å². The maximum absolute atomic E-state index is 4.83. The number of hydrogen-bond donors (Lipinski definition) is 1. The number of aryl methyl sites for hydroxylation is 1. The van der Waals surface area contributed by atoms with Crippen LogP contribution in [0.4, 0.5) is 5.13 Å². The van der Waals surface area contributed by atoms with Gasteiger partial charge in [0.05, 0.1) is 5.69 Å². The third kappa shape index (κ3) is 2.84. The second-order valence-corrected chi connectivity index (χ2v) is 6.12. The summed E-state index contributed by atoms with van der Waals surface area (Å²) >= 11 is 1.85. The lowest BCUT2D eigenvalue weighted by Gasteiger charge is -2.38. The molecule has 5 heteroatoms. The van der Waals surface area contributed by atoms with Crippen molar-refractivity contribution in [1.82, 2.24) is 15.2 Å². The quantitative estimate of drug-likeness (QED) is 0.898. The molecule has 0 radical (unpaired) electrons. The van der Waals surface area contributed by atoms with Gasteiger partial charge in [0.2, 0.25) is 0 Å². The fraction of sp³-hybridized carbons (Fsp3) is 0.769. The molecule has 1 aliphatic heterocycles. The molecule has 1 unspecified atom stereocenters. The van der Waals surface area contributed by atoms with Crippen LogP contribution in [0.15, 0.2) is 0 Å². The van der Waals surface area contributed by atoms with Crippen molar-refractivity contribution in [2.75, 3.05) is 38.6 Å². The molecule has 0 aliphatic carbocycles. The predicted molar refractivity (Wildman–Crippen MR) is 78.6 cm³/mol. The van der Waals surface area contributed by atoms with Gasteiger partial charge in [-0.15, -0.1) is 11.3 Å². The summed E-state index contributed by atoms with van der Waals surface area (Å²) in [6.45, 7) is 8.76. The van der Waals surface area contributed by atoms with Gasteiger partial charge < -0.3 is 15.1 Å². The van der Waals surface area contributed by atoms with Gasteiger partial charge in [-0.05, 0) is 27.4 Å². The Balaban J connectivity index is 2.17. The molecule has 1 aromatic heterocycles. The molecule has 1 aliphatic rings. The number of piperazine rings is 1. The average molecular weight is 268 g/mol. The molecular formula is C13H24N4S. The number of nitrogens with zero attached hydrogens (tertiary/aromatic N) is 3. The van der Waals surface area contributed by atoms with Crippen LogP contribution in [0.2, 0.25) is 0 Å². The first-order chi connectivity index (χ1) is 8.65. The van der Waals surface area contributed by atoms with E-state index in [1.165, 1.54) is 15.7 Å². The molecule has 102 valence electrons. The van der Waals surface area contributed by atoms with E-state index in [-0.39, 0.29) is 0 Å². The van der Waals surface area contributed by atoms with Gasteiger partial charge >= 0.3 is 0 Å². The highest BCUT2D eigenvalue weighted by Gasteiger charge is 2.24. The van der Waals surface area contributed by atoms with E-state index in [2.05, 4.69) is 36.0 Å². The van der Waals surface area contributed by atoms with Gasteiger partial charge in [0.25, 0.3) is 0 Å². The summed E-state index contributed by atoms with van der Waals surface area (Å²) < 4.78 is 0. The number of anilines is 1. The summed E-state index contributed by atoms with van der Waals surface area (Å²) in [5.74, 6) is 0. The minimum absolute atomic E-state index is 0.557. The first kappa shape index (κ1) is 13.8. The second-order valence-electron chi connectivity index (χ2n) is 5.05. The van der Waals surface area contributed by atoms with Gasteiger partial charge in [-0.25, -0.2) is 4.98 Å². The maximum atomic E-state index is 4.83. The Kier molecular flexibility index (Phi) is 4.59. The van der Waals surface area contributed by atoms with Crippen molar-refractivity contribution < 1.29 is 0 Å². The molecule has 1 saturated heterocycles. The van der Waals surface area contributed by atoms with Gasteiger partial charge in [0, 0.05) is 37.1 Å². The molecule has 1 fully saturated rings. The number of likely N-dealkylation sites (N-methyl/N-ethyl adjacent to an activating group) is 1. The number of thiazole rings is 1. The molecule has 4 nitrogen and oxygen atoms in total. The highest BCUT2D eigenvalue weighted by atomic mass is 32.1. The highest BCUT2D eigenvalue weighted by Crippen LogP contribution is 2.29. The largest absolute Gasteiger partial charge is 0.343 e. The van der Waals surface area contributed by atoms with E-state index in [1.54, 1.807) is 0 Å². The van der Waals surface area contributed by atoms with Crippen molar-refractivity contribution in [3.8, 4) is 0 Å². The minimum Gasteiger partial charge on any atom is -0.343 e. The van der Waals surface area contributed by atoms with Crippen molar-refractivity contribution >= 4 is 16.5 Å². The van der Waals surface area contributed by atoms with Crippen molar-refractivity contribution in [3.63, 3.8) is 0 Å². The molecule has 2 rings (SSSR count). The summed E-state index contributed by atoms with van der Waals surface area (Å²) in [5.41, 5.74) is 1.26. The van der Waals surface area contributed by atoms with Gasteiger partial charge in [0.15, 0.2) is 5.13 Å². The van der Waals surface area contributed by atoms with E-state index in [0.29, 0.717) is 6.04 Å². The summed E-state index contributed by atoms with van der Waals surface area (Å²) in [5, 5.41) is 4.44. The van der Waals surface area contributed by atoms with Gasteiger partial charge in [-0.1, -0.05) is 6.92 Å². The number of rotatable bonds is 4. The monoisotopic (exact) mass is 268 g/mol. The SMILES string of the molecule is CCc1nc(N2CCN(C)CC2C)sc1CNC. The second kappa shape index (κ2) is 5.99. The fourth-order valence-corrected chi connectivity index (χ4v) is 3.78. The maximum Gasteiger partial charge on any atom is 0.186 e. The zero-order valence-corrected chi connectivity index (χ0v) is 12.7. The Morgan fingerprint density at radius 1 is 1.44 bits per heavy atom. The van der Waals surface area contributed by atoms with Crippen molar-refractivity contribution in [2.24, 2.45) is 0 Å². The summed E-state index contributed by atoms with van der Waals surface area (Å²) in [4.78, 5) is 11.1. The Morgan fingerprint density at radius 2 is 2.22 bits per heavy atom.